The standard InChI is InChI=1S/C15H13F3INO/c1-10(11-5-7-12(19)8-6-11)20-13-3-2-4-14(9-13)21-15(16,17)18/h2-10,20H,1H3. The molecule has 2 rings (SSSR count). The number of nitrogens with one attached hydrogen (secondary N) is 1. The zero-order valence-corrected chi connectivity index (χ0v) is 13.3. The molecule has 0 aliphatic carbocycles. The van der Waals surface area contributed by atoms with Crippen molar-refractivity contribution in [1.29, 1.82) is 0 Å². The highest BCUT2D eigenvalue weighted by molar-refractivity contribution is 14.1. The predicted octanol–water partition coefficient (Wildman–Crippen LogP) is 5.36. The number of ether oxygens (including phenoxy) is 1. The average molecular weight is 407 g/mol. The number of hydrogen-bond acceptors (Lipinski definition) is 2. The van der Waals surface area contributed by atoms with Gasteiger partial charge in [0.05, 0.1) is 0 Å². The molecule has 0 saturated heterocycles. The molecule has 21 heavy (non-hydrogen) atoms. The van der Waals surface area contributed by atoms with Gasteiger partial charge in [-0.3, -0.25) is 0 Å². The van der Waals surface area contributed by atoms with Crippen molar-refractivity contribution in [2.45, 2.75) is 19.3 Å². The molecule has 2 aromatic carbocycles. The van der Waals surface area contributed by atoms with E-state index in [1.165, 1.54) is 18.2 Å². The molecular weight excluding hydrogens is 394 g/mol. The first-order valence-corrected chi connectivity index (χ1v) is 7.29. The molecule has 0 spiro atoms. The average Bonchev–Trinajstić information content (AvgIpc) is 2.37. The van der Waals surface area contributed by atoms with Crippen LogP contribution in [-0.4, -0.2) is 6.36 Å². The third-order valence-electron chi connectivity index (χ3n) is 2.82. The van der Waals surface area contributed by atoms with Crippen LogP contribution < -0.4 is 10.1 Å². The highest BCUT2D eigenvalue weighted by atomic mass is 127. The summed E-state index contributed by atoms with van der Waals surface area (Å²) in [7, 11) is 0. The first kappa shape index (κ1) is 15.9. The number of anilines is 1. The topological polar surface area (TPSA) is 21.3 Å². The second-order valence-electron chi connectivity index (χ2n) is 4.49. The van der Waals surface area contributed by atoms with E-state index in [0.29, 0.717) is 5.69 Å². The van der Waals surface area contributed by atoms with E-state index in [1.807, 2.05) is 31.2 Å². The van der Waals surface area contributed by atoms with Crippen molar-refractivity contribution in [3.63, 3.8) is 0 Å². The van der Waals surface area contributed by atoms with Crippen LogP contribution in [0.5, 0.6) is 5.75 Å². The smallest absolute Gasteiger partial charge is 0.406 e. The SMILES string of the molecule is CC(Nc1cccc(OC(F)(F)F)c1)c1ccc(I)cc1. The zero-order valence-electron chi connectivity index (χ0n) is 11.1. The van der Waals surface area contributed by atoms with Crippen LogP contribution in [0.1, 0.15) is 18.5 Å². The molecule has 2 nitrogen and oxygen atoms in total. The van der Waals surface area contributed by atoms with E-state index in [1.54, 1.807) is 6.07 Å². The molecule has 0 aromatic heterocycles. The van der Waals surface area contributed by atoms with E-state index in [2.05, 4.69) is 32.6 Å². The van der Waals surface area contributed by atoms with Gasteiger partial charge in [0.2, 0.25) is 0 Å². The summed E-state index contributed by atoms with van der Waals surface area (Å²) in [5.41, 5.74) is 1.63. The number of hydrogen-bond donors (Lipinski definition) is 1. The van der Waals surface area contributed by atoms with Crippen molar-refractivity contribution in [3.8, 4) is 5.75 Å². The maximum Gasteiger partial charge on any atom is 0.573 e. The molecule has 6 heteroatoms. The molecule has 0 bridgehead atoms. The molecule has 112 valence electrons. The second kappa shape index (κ2) is 6.55. The van der Waals surface area contributed by atoms with Crippen molar-refractivity contribution < 1.29 is 17.9 Å². The fraction of sp³-hybridized carbons (Fsp3) is 0.200. The van der Waals surface area contributed by atoms with Gasteiger partial charge < -0.3 is 10.1 Å². The molecule has 2 aromatic rings. The van der Waals surface area contributed by atoms with Crippen LogP contribution in [0.15, 0.2) is 48.5 Å². The molecule has 1 N–H and O–H groups in total. The summed E-state index contributed by atoms with van der Waals surface area (Å²) in [5.74, 6) is -0.234. The van der Waals surface area contributed by atoms with Crippen LogP contribution in [0.3, 0.4) is 0 Å². The molecule has 0 aliphatic heterocycles. The number of alkyl halides is 3. The Morgan fingerprint density at radius 3 is 2.38 bits per heavy atom. The summed E-state index contributed by atoms with van der Waals surface area (Å²) in [4.78, 5) is 0. The van der Waals surface area contributed by atoms with E-state index in [-0.39, 0.29) is 11.8 Å². The Hall–Kier alpha value is -1.44. The van der Waals surface area contributed by atoms with Gasteiger partial charge in [-0.05, 0) is 59.3 Å². The van der Waals surface area contributed by atoms with Crippen LogP contribution in [0.4, 0.5) is 18.9 Å². The lowest BCUT2D eigenvalue weighted by Gasteiger charge is -2.17. The van der Waals surface area contributed by atoms with Crippen molar-refractivity contribution in [1.82, 2.24) is 0 Å². The summed E-state index contributed by atoms with van der Waals surface area (Å²) in [5, 5.41) is 3.15. The lowest BCUT2D eigenvalue weighted by Crippen LogP contribution is -2.17. The minimum Gasteiger partial charge on any atom is -0.406 e. The van der Waals surface area contributed by atoms with E-state index < -0.39 is 6.36 Å². The van der Waals surface area contributed by atoms with Gasteiger partial charge in [-0.25, -0.2) is 0 Å². The third kappa shape index (κ3) is 5.11. The van der Waals surface area contributed by atoms with Crippen molar-refractivity contribution in [2.75, 3.05) is 5.32 Å². The molecule has 0 fully saturated rings. The van der Waals surface area contributed by atoms with Crippen molar-refractivity contribution in [3.05, 3.63) is 57.7 Å². The van der Waals surface area contributed by atoms with E-state index in [9.17, 15) is 13.2 Å². The minimum absolute atomic E-state index is 0.0249. The second-order valence-corrected chi connectivity index (χ2v) is 5.74. The fourth-order valence-corrected chi connectivity index (χ4v) is 2.23. The van der Waals surface area contributed by atoms with Gasteiger partial charge in [0.25, 0.3) is 0 Å². The van der Waals surface area contributed by atoms with Crippen molar-refractivity contribution in [2.24, 2.45) is 0 Å². The Kier molecular flexibility index (Phi) is 4.97. The van der Waals surface area contributed by atoms with Gasteiger partial charge in [-0.1, -0.05) is 18.2 Å². The molecule has 0 saturated carbocycles. The van der Waals surface area contributed by atoms with E-state index in [4.69, 9.17) is 0 Å². The Morgan fingerprint density at radius 2 is 1.76 bits per heavy atom. The maximum absolute atomic E-state index is 12.2. The van der Waals surface area contributed by atoms with Gasteiger partial charge in [0.1, 0.15) is 5.75 Å². The Labute approximate surface area is 134 Å². The third-order valence-corrected chi connectivity index (χ3v) is 3.54. The molecule has 0 heterocycles. The Bertz CT molecular complexity index is 599. The summed E-state index contributed by atoms with van der Waals surface area (Å²) >= 11 is 2.22. The van der Waals surface area contributed by atoms with Gasteiger partial charge in [-0.2, -0.15) is 0 Å². The number of rotatable bonds is 4. The van der Waals surface area contributed by atoms with E-state index >= 15 is 0 Å². The largest absolute Gasteiger partial charge is 0.573 e. The quantitative estimate of drug-likeness (QED) is 0.689. The zero-order chi connectivity index (χ0) is 15.5. The van der Waals surface area contributed by atoms with Crippen LogP contribution in [0.25, 0.3) is 0 Å². The van der Waals surface area contributed by atoms with Gasteiger partial charge in [0, 0.05) is 21.4 Å². The fourth-order valence-electron chi connectivity index (χ4n) is 1.87. The monoisotopic (exact) mass is 407 g/mol. The molecule has 1 unspecified atom stereocenters. The summed E-state index contributed by atoms with van der Waals surface area (Å²) < 4.78 is 41.6. The molecule has 0 aliphatic rings. The normalized spacial score (nSPS) is 12.8. The minimum atomic E-state index is -4.68. The maximum atomic E-state index is 12.2. The molecule has 0 amide bonds. The lowest BCUT2D eigenvalue weighted by atomic mass is 10.1. The predicted molar refractivity (Wildman–Crippen MR) is 84.3 cm³/mol. The van der Waals surface area contributed by atoms with Gasteiger partial charge >= 0.3 is 6.36 Å². The van der Waals surface area contributed by atoms with Gasteiger partial charge in [-0.15, -0.1) is 13.2 Å². The summed E-state index contributed by atoms with van der Waals surface area (Å²) in [6, 6.07) is 13.7. The Morgan fingerprint density at radius 1 is 1.10 bits per heavy atom. The van der Waals surface area contributed by atoms with E-state index in [0.717, 1.165) is 9.13 Å². The number of halogens is 4. The highest BCUT2D eigenvalue weighted by Gasteiger charge is 2.31. The Balaban J connectivity index is 2.08. The highest BCUT2D eigenvalue weighted by Crippen LogP contribution is 2.27. The lowest BCUT2D eigenvalue weighted by molar-refractivity contribution is -0.274. The van der Waals surface area contributed by atoms with Crippen molar-refractivity contribution >= 4 is 28.3 Å². The first-order chi connectivity index (χ1) is 9.83. The van der Waals surface area contributed by atoms with Crippen LogP contribution >= 0.6 is 22.6 Å². The van der Waals surface area contributed by atoms with Crippen LogP contribution in [-0.2, 0) is 0 Å². The summed E-state index contributed by atoms with van der Waals surface area (Å²) in [6.07, 6.45) is -4.68. The molecular formula is C15H13F3INO. The van der Waals surface area contributed by atoms with Crippen LogP contribution in [0.2, 0.25) is 0 Å². The van der Waals surface area contributed by atoms with Crippen LogP contribution in [0, 0.1) is 3.57 Å². The first-order valence-electron chi connectivity index (χ1n) is 6.21. The number of benzene rings is 2. The van der Waals surface area contributed by atoms with Gasteiger partial charge in [0.15, 0.2) is 0 Å². The molecule has 1 atom stereocenters. The summed E-state index contributed by atoms with van der Waals surface area (Å²) in [6.45, 7) is 1.94. The molecule has 0 radical (unpaired) electrons.